The Bertz CT molecular complexity index is 375. The molecular formula is C15H23NO. The van der Waals surface area contributed by atoms with Crippen molar-refractivity contribution < 1.29 is 4.74 Å². The molecule has 94 valence electrons. The Morgan fingerprint density at radius 1 is 1.41 bits per heavy atom. The normalized spacial score (nSPS) is 22.5. The summed E-state index contributed by atoms with van der Waals surface area (Å²) in [4.78, 5) is 0. The Hall–Kier alpha value is -1.02. The van der Waals surface area contributed by atoms with Crippen LogP contribution in [0, 0.1) is 12.8 Å². The zero-order valence-corrected chi connectivity index (χ0v) is 10.9. The Kier molecular flexibility index (Phi) is 4.06. The molecule has 0 spiro atoms. The van der Waals surface area contributed by atoms with Gasteiger partial charge in [0, 0.05) is 0 Å². The minimum absolute atomic E-state index is 0.636. The van der Waals surface area contributed by atoms with Gasteiger partial charge in [-0.05, 0) is 49.8 Å². The molecule has 0 saturated heterocycles. The molecule has 2 rings (SSSR count). The lowest BCUT2D eigenvalue weighted by molar-refractivity contribution is 0.306. The average molecular weight is 233 g/mol. The van der Waals surface area contributed by atoms with E-state index in [0.29, 0.717) is 11.8 Å². The Morgan fingerprint density at radius 2 is 2.24 bits per heavy atom. The maximum Gasteiger partial charge on any atom is 0.122 e. The van der Waals surface area contributed by atoms with E-state index < -0.39 is 0 Å². The smallest absolute Gasteiger partial charge is 0.122 e. The molecule has 1 aromatic rings. The molecule has 2 atom stereocenters. The number of hydrogen-bond donors (Lipinski definition) is 1. The SMILES string of the molecule is CCCCOc1ccc(C)cc1[C@H]1C[C@@H]1CN. The quantitative estimate of drug-likeness (QED) is 0.766. The molecule has 1 aliphatic carbocycles. The molecule has 0 aliphatic heterocycles. The highest BCUT2D eigenvalue weighted by molar-refractivity contribution is 5.42. The first-order chi connectivity index (χ1) is 8.26. The summed E-state index contributed by atoms with van der Waals surface area (Å²) in [5.41, 5.74) is 8.41. The second kappa shape index (κ2) is 5.54. The predicted octanol–water partition coefficient (Wildman–Crippen LogP) is 3.24. The fraction of sp³-hybridized carbons (Fsp3) is 0.600. The molecule has 2 N–H and O–H groups in total. The second-order valence-electron chi connectivity index (χ2n) is 5.08. The number of rotatable bonds is 6. The van der Waals surface area contributed by atoms with Gasteiger partial charge in [-0.1, -0.05) is 31.0 Å². The van der Waals surface area contributed by atoms with Gasteiger partial charge in [-0.15, -0.1) is 0 Å². The van der Waals surface area contributed by atoms with Crippen LogP contribution in [0.3, 0.4) is 0 Å². The number of nitrogens with two attached hydrogens (primary N) is 1. The number of unbranched alkanes of at least 4 members (excludes halogenated alkanes) is 1. The third-order valence-electron chi connectivity index (χ3n) is 3.55. The molecule has 1 aliphatic rings. The van der Waals surface area contributed by atoms with E-state index in [2.05, 4.69) is 32.0 Å². The van der Waals surface area contributed by atoms with E-state index in [0.717, 1.165) is 25.3 Å². The van der Waals surface area contributed by atoms with Gasteiger partial charge >= 0.3 is 0 Å². The van der Waals surface area contributed by atoms with Gasteiger partial charge in [-0.3, -0.25) is 0 Å². The highest BCUT2D eigenvalue weighted by atomic mass is 16.5. The van der Waals surface area contributed by atoms with Crippen molar-refractivity contribution in [2.45, 2.75) is 39.0 Å². The molecule has 2 heteroatoms. The molecule has 2 nitrogen and oxygen atoms in total. The van der Waals surface area contributed by atoms with Gasteiger partial charge in [-0.2, -0.15) is 0 Å². The fourth-order valence-electron chi connectivity index (χ4n) is 2.30. The van der Waals surface area contributed by atoms with Crippen molar-refractivity contribution in [2.75, 3.05) is 13.2 Å². The first-order valence-electron chi connectivity index (χ1n) is 6.69. The Morgan fingerprint density at radius 3 is 2.88 bits per heavy atom. The molecule has 0 radical (unpaired) electrons. The molecule has 1 fully saturated rings. The van der Waals surface area contributed by atoms with Gasteiger partial charge in [0.05, 0.1) is 6.61 Å². The van der Waals surface area contributed by atoms with E-state index in [9.17, 15) is 0 Å². The standard InChI is InChI=1S/C15H23NO/c1-3-4-7-17-15-6-5-11(2)8-14(15)13-9-12(13)10-16/h5-6,8,12-13H,3-4,7,9-10,16H2,1-2H3/t12-,13+/m1/s1. The van der Waals surface area contributed by atoms with Crippen LogP contribution in [0.2, 0.25) is 0 Å². The van der Waals surface area contributed by atoms with E-state index in [-0.39, 0.29) is 0 Å². The van der Waals surface area contributed by atoms with Crippen LogP contribution < -0.4 is 10.5 Å². The summed E-state index contributed by atoms with van der Waals surface area (Å²) < 4.78 is 5.89. The Labute approximate surface area is 104 Å². The molecule has 1 aromatic carbocycles. The van der Waals surface area contributed by atoms with Crippen molar-refractivity contribution in [3.8, 4) is 5.75 Å². The molecule has 17 heavy (non-hydrogen) atoms. The minimum atomic E-state index is 0.636. The van der Waals surface area contributed by atoms with E-state index in [4.69, 9.17) is 10.5 Å². The number of ether oxygens (including phenoxy) is 1. The summed E-state index contributed by atoms with van der Waals surface area (Å²) in [6.45, 7) is 5.95. The van der Waals surface area contributed by atoms with Crippen molar-refractivity contribution in [3.63, 3.8) is 0 Å². The van der Waals surface area contributed by atoms with E-state index >= 15 is 0 Å². The maximum atomic E-state index is 5.89. The zero-order chi connectivity index (χ0) is 12.3. The highest BCUT2D eigenvalue weighted by Gasteiger charge is 2.38. The molecule has 0 bridgehead atoms. The van der Waals surface area contributed by atoms with Crippen molar-refractivity contribution in [2.24, 2.45) is 11.7 Å². The van der Waals surface area contributed by atoms with Crippen LogP contribution in [0.5, 0.6) is 5.75 Å². The summed E-state index contributed by atoms with van der Waals surface area (Å²) in [7, 11) is 0. The first kappa shape index (κ1) is 12.4. The van der Waals surface area contributed by atoms with Crippen molar-refractivity contribution in [3.05, 3.63) is 29.3 Å². The van der Waals surface area contributed by atoms with Crippen molar-refractivity contribution in [1.82, 2.24) is 0 Å². The van der Waals surface area contributed by atoms with Gasteiger partial charge < -0.3 is 10.5 Å². The van der Waals surface area contributed by atoms with Crippen LogP contribution in [0.15, 0.2) is 18.2 Å². The van der Waals surface area contributed by atoms with Crippen molar-refractivity contribution >= 4 is 0 Å². The largest absolute Gasteiger partial charge is 0.493 e. The van der Waals surface area contributed by atoms with E-state index in [1.165, 1.54) is 24.0 Å². The maximum absolute atomic E-state index is 5.89. The summed E-state index contributed by atoms with van der Waals surface area (Å²) in [5.74, 6) is 2.38. The van der Waals surface area contributed by atoms with Crippen LogP contribution in [-0.2, 0) is 0 Å². The van der Waals surface area contributed by atoms with Gasteiger partial charge in [0.25, 0.3) is 0 Å². The molecule has 0 unspecified atom stereocenters. The summed E-state index contributed by atoms with van der Waals surface area (Å²) in [6.07, 6.45) is 3.53. The molecule has 0 aromatic heterocycles. The van der Waals surface area contributed by atoms with E-state index in [1.807, 2.05) is 0 Å². The zero-order valence-electron chi connectivity index (χ0n) is 10.9. The highest BCUT2D eigenvalue weighted by Crippen LogP contribution is 2.49. The summed E-state index contributed by atoms with van der Waals surface area (Å²) in [5, 5.41) is 0. The predicted molar refractivity (Wildman–Crippen MR) is 71.5 cm³/mol. The van der Waals surface area contributed by atoms with Gasteiger partial charge in [0.2, 0.25) is 0 Å². The molecule has 0 amide bonds. The minimum Gasteiger partial charge on any atom is -0.493 e. The van der Waals surface area contributed by atoms with Crippen LogP contribution in [-0.4, -0.2) is 13.2 Å². The van der Waals surface area contributed by atoms with Crippen LogP contribution in [0.25, 0.3) is 0 Å². The molecular weight excluding hydrogens is 210 g/mol. The van der Waals surface area contributed by atoms with Gasteiger partial charge in [0.15, 0.2) is 0 Å². The number of benzene rings is 1. The number of aryl methyl sites for hydroxylation is 1. The monoisotopic (exact) mass is 233 g/mol. The Balaban J connectivity index is 2.08. The van der Waals surface area contributed by atoms with Gasteiger partial charge in [0.1, 0.15) is 5.75 Å². The summed E-state index contributed by atoms with van der Waals surface area (Å²) in [6, 6.07) is 6.51. The topological polar surface area (TPSA) is 35.2 Å². The van der Waals surface area contributed by atoms with Crippen LogP contribution >= 0.6 is 0 Å². The van der Waals surface area contributed by atoms with Crippen molar-refractivity contribution in [1.29, 1.82) is 0 Å². The molecule has 0 heterocycles. The second-order valence-corrected chi connectivity index (χ2v) is 5.08. The first-order valence-corrected chi connectivity index (χ1v) is 6.69. The van der Waals surface area contributed by atoms with Crippen LogP contribution in [0.4, 0.5) is 0 Å². The average Bonchev–Trinajstić information content (AvgIpc) is 3.10. The lowest BCUT2D eigenvalue weighted by Crippen LogP contribution is -2.04. The van der Waals surface area contributed by atoms with E-state index in [1.54, 1.807) is 0 Å². The lowest BCUT2D eigenvalue weighted by atomic mass is 10.0. The summed E-state index contributed by atoms with van der Waals surface area (Å²) >= 11 is 0. The molecule has 1 saturated carbocycles. The number of hydrogen-bond acceptors (Lipinski definition) is 2. The van der Waals surface area contributed by atoms with Gasteiger partial charge in [-0.25, -0.2) is 0 Å². The third kappa shape index (κ3) is 3.01. The third-order valence-corrected chi connectivity index (χ3v) is 3.55. The van der Waals surface area contributed by atoms with Crippen LogP contribution in [0.1, 0.15) is 43.2 Å². The fourth-order valence-corrected chi connectivity index (χ4v) is 2.30. The lowest BCUT2D eigenvalue weighted by Gasteiger charge is -2.12.